The van der Waals surface area contributed by atoms with Gasteiger partial charge >= 0.3 is 0 Å². The summed E-state index contributed by atoms with van der Waals surface area (Å²) in [5.41, 5.74) is 0.316. The fourth-order valence-electron chi connectivity index (χ4n) is 1.64. The molecule has 0 fully saturated rings. The second kappa shape index (κ2) is 6.88. The number of nitrogens with zero attached hydrogens (tertiary/aromatic N) is 3. The summed E-state index contributed by atoms with van der Waals surface area (Å²) in [5, 5.41) is 9.49. The first-order valence-electron chi connectivity index (χ1n) is 6.24. The molecule has 2 heterocycles. The normalized spacial score (nSPS) is 11.0. The molecule has 7 heteroatoms. The summed E-state index contributed by atoms with van der Waals surface area (Å²) in [5.74, 6) is 0. The molecule has 2 aromatic rings. The molecule has 0 spiro atoms. The lowest BCUT2D eigenvalue weighted by atomic mass is 10.4. The van der Waals surface area contributed by atoms with Crippen LogP contribution in [-0.4, -0.2) is 35.3 Å². The predicted molar refractivity (Wildman–Crippen MR) is 83.7 cm³/mol. The largest absolute Gasteiger partial charge is 0.377 e. The SMILES string of the molecule is CN(C)CCn1ncc(NCc2cccs2)c(Cl)c1=O. The second-order valence-corrected chi connectivity index (χ2v) is 6.05. The Balaban J connectivity index is 2.08. The smallest absolute Gasteiger partial charge is 0.287 e. The minimum Gasteiger partial charge on any atom is -0.377 e. The average Bonchev–Trinajstić information content (AvgIpc) is 2.92. The van der Waals surface area contributed by atoms with Crippen molar-refractivity contribution >= 4 is 28.6 Å². The molecular formula is C13H17ClN4OS. The van der Waals surface area contributed by atoms with Gasteiger partial charge < -0.3 is 10.2 Å². The van der Waals surface area contributed by atoms with Crippen molar-refractivity contribution in [3.8, 4) is 0 Å². The van der Waals surface area contributed by atoms with E-state index in [2.05, 4.69) is 10.4 Å². The summed E-state index contributed by atoms with van der Waals surface area (Å²) in [6.45, 7) is 1.90. The maximum atomic E-state index is 12.1. The van der Waals surface area contributed by atoms with E-state index >= 15 is 0 Å². The van der Waals surface area contributed by atoms with Gasteiger partial charge in [-0.2, -0.15) is 5.10 Å². The summed E-state index contributed by atoms with van der Waals surface area (Å²) in [7, 11) is 3.90. The van der Waals surface area contributed by atoms with Crippen LogP contribution in [0.4, 0.5) is 5.69 Å². The van der Waals surface area contributed by atoms with Crippen LogP contribution in [0.2, 0.25) is 5.02 Å². The van der Waals surface area contributed by atoms with E-state index in [1.165, 1.54) is 9.56 Å². The molecule has 0 bridgehead atoms. The van der Waals surface area contributed by atoms with Crippen molar-refractivity contribution in [2.45, 2.75) is 13.1 Å². The minimum absolute atomic E-state index is 0.190. The van der Waals surface area contributed by atoms with E-state index < -0.39 is 0 Å². The zero-order valence-corrected chi connectivity index (χ0v) is 13.0. The van der Waals surface area contributed by atoms with Gasteiger partial charge in [0.2, 0.25) is 0 Å². The number of likely N-dealkylation sites (N-methyl/N-ethyl adjacent to an activating group) is 1. The molecule has 0 saturated heterocycles. The van der Waals surface area contributed by atoms with Crippen LogP contribution in [0.15, 0.2) is 28.5 Å². The Morgan fingerprint density at radius 1 is 1.50 bits per heavy atom. The van der Waals surface area contributed by atoms with Crippen LogP contribution in [0.5, 0.6) is 0 Å². The molecule has 0 saturated carbocycles. The molecule has 0 atom stereocenters. The Hall–Kier alpha value is -1.37. The number of thiophene rings is 1. The van der Waals surface area contributed by atoms with Crippen molar-refractivity contribution in [1.82, 2.24) is 14.7 Å². The highest BCUT2D eigenvalue weighted by Gasteiger charge is 2.09. The van der Waals surface area contributed by atoms with Gasteiger partial charge in [0.1, 0.15) is 5.02 Å². The fraction of sp³-hybridized carbons (Fsp3) is 0.385. The number of anilines is 1. The number of aromatic nitrogens is 2. The van der Waals surface area contributed by atoms with E-state index in [0.717, 1.165) is 6.54 Å². The first-order valence-corrected chi connectivity index (χ1v) is 7.50. The third-order valence-corrected chi connectivity index (χ3v) is 4.02. The quantitative estimate of drug-likeness (QED) is 0.888. The molecule has 0 aliphatic rings. The van der Waals surface area contributed by atoms with Crippen LogP contribution in [0.1, 0.15) is 4.88 Å². The predicted octanol–water partition coefficient (Wildman–Crippen LogP) is 2.13. The van der Waals surface area contributed by atoms with E-state index in [0.29, 0.717) is 18.8 Å². The van der Waals surface area contributed by atoms with Crippen LogP contribution < -0.4 is 10.9 Å². The zero-order chi connectivity index (χ0) is 14.5. The molecule has 0 aromatic carbocycles. The van der Waals surface area contributed by atoms with Gasteiger partial charge in [0, 0.05) is 18.0 Å². The maximum absolute atomic E-state index is 12.1. The van der Waals surface area contributed by atoms with Gasteiger partial charge in [-0.3, -0.25) is 4.79 Å². The summed E-state index contributed by atoms with van der Waals surface area (Å²) in [6, 6.07) is 4.01. The molecule has 0 unspecified atom stereocenters. The summed E-state index contributed by atoms with van der Waals surface area (Å²) in [6.07, 6.45) is 1.60. The molecule has 20 heavy (non-hydrogen) atoms. The molecule has 0 aliphatic heterocycles. The molecule has 0 aliphatic carbocycles. The average molecular weight is 313 g/mol. The molecule has 2 rings (SSSR count). The highest BCUT2D eigenvalue weighted by molar-refractivity contribution is 7.09. The standard InChI is InChI=1S/C13H17ClN4OS/c1-17(2)5-6-18-13(19)12(14)11(9-16-18)15-8-10-4-3-7-20-10/h3-4,7,9,15H,5-6,8H2,1-2H3. The van der Waals surface area contributed by atoms with Gasteiger partial charge in [0.25, 0.3) is 5.56 Å². The summed E-state index contributed by atoms with van der Waals surface area (Å²) in [4.78, 5) is 15.2. The molecule has 0 amide bonds. The third kappa shape index (κ3) is 3.82. The molecular weight excluding hydrogens is 296 g/mol. The molecule has 2 aromatic heterocycles. The van der Waals surface area contributed by atoms with Crippen LogP contribution in [0.25, 0.3) is 0 Å². The van der Waals surface area contributed by atoms with Crippen LogP contribution in [0.3, 0.4) is 0 Å². The second-order valence-electron chi connectivity index (χ2n) is 4.64. The monoisotopic (exact) mass is 312 g/mol. The Kier molecular flexibility index (Phi) is 5.17. The summed E-state index contributed by atoms with van der Waals surface area (Å²) < 4.78 is 1.39. The zero-order valence-electron chi connectivity index (χ0n) is 11.5. The number of hydrogen-bond donors (Lipinski definition) is 1. The van der Waals surface area contributed by atoms with E-state index in [1.54, 1.807) is 17.5 Å². The van der Waals surface area contributed by atoms with Gasteiger partial charge in [-0.1, -0.05) is 17.7 Å². The molecule has 0 radical (unpaired) electrons. The van der Waals surface area contributed by atoms with Crippen molar-refractivity contribution in [2.24, 2.45) is 0 Å². The van der Waals surface area contributed by atoms with Crippen molar-refractivity contribution in [2.75, 3.05) is 26.0 Å². The van der Waals surface area contributed by atoms with E-state index in [1.807, 2.05) is 36.5 Å². The number of hydrogen-bond acceptors (Lipinski definition) is 5. The highest BCUT2D eigenvalue weighted by atomic mass is 35.5. The van der Waals surface area contributed by atoms with E-state index in [4.69, 9.17) is 11.6 Å². The van der Waals surface area contributed by atoms with Crippen molar-refractivity contribution in [1.29, 1.82) is 0 Å². The van der Waals surface area contributed by atoms with Gasteiger partial charge in [0.05, 0.1) is 18.4 Å². The Morgan fingerprint density at radius 3 is 2.95 bits per heavy atom. The fourth-order valence-corrected chi connectivity index (χ4v) is 2.50. The number of rotatable bonds is 6. The van der Waals surface area contributed by atoms with Gasteiger partial charge in [-0.05, 0) is 25.5 Å². The lowest BCUT2D eigenvalue weighted by molar-refractivity contribution is 0.367. The Labute approximate surface area is 126 Å². The van der Waals surface area contributed by atoms with Crippen LogP contribution >= 0.6 is 22.9 Å². The first-order chi connectivity index (χ1) is 9.58. The lowest BCUT2D eigenvalue weighted by Crippen LogP contribution is -2.29. The molecule has 1 N–H and O–H groups in total. The number of halogens is 1. The van der Waals surface area contributed by atoms with Crippen LogP contribution in [-0.2, 0) is 13.1 Å². The Bertz CT molecular complexity index is 609. The van der Waals surface area contributed by atoms with E-state index in [-0.39, 0.29) is 10.6 Å². The van der Waals surface area contributed by atoms with Gasteiger partial charge in [-0.15, -0.1) is 11.3 Å². The molecule has 108 valence electrons. The van der Waals surface area contributed by atoms with Crippen LogP contribution in [0, 0.1) is 0 Å². The maximum Gasteiger partial charge on any atom is 0.287 e. The van der Waals surface area contributed by atoms with Crippen molar-refractivity contribution in [3.63, 3.8) is 0 Å². The first kappa shape index (κ1) is 15.0. The number of nitrogens with one attached hydrogen (secondary N) is 1. The van der Waals surface area contributed by atoms with Gasteiger partial charge in [-0.25, -0.2) is 4.68 Å². The van der Waals surface area contributed by atoms with Crippen molar-refractivity contribution in [3.05, 3.63) is 44.0 Å². The third-order valence-electron chi connectivity index (χ3n) is 2.78. The summed E-state index contributed by atoms with van der Waals surface area (Å²) >= 11 is 7.76. The topological polar surface area (TPSA) is 50.2 Å². The van der Waals surface area contributed by atoms with Gasteiger partial charge in [0.15, 0.2) is 0 Å². The van der Waals surface area contributed by atoms with E-state index in [9.17, 15) is 4.79 Å². The van der Waals surface area contributed by atoms with Crippen molar-refractivity contribution < 1.29 is 0 Å². The highest BCUT2D eigenvalue weighted by Crippen LogP contribution is 2.17. The molecule has 5 nitrogen and oxygen atoms in total. The minimum atomic E-state index is -0.260. The Morgan fingerprint density at radius 2 is 2.30 bits per heavy atom. The lowest BCUT2D eigenvalue weighted by Gasteiger charge is -2.12.